The Morgan fingerprint density at radius 3 is 2.65 bits per heavy atom. The molecule has 0 saturated carbocycles. The predicted molar refractivity (Wildman–Crippen MR) is 85.6 cm³/mol. The number of benzene rings is 2. The molecule has 0 aliphatic carbocycles. The van der Waals surface area contributed by atoms with E-state index in [-0.39, 0.29) is 11.9 Å². The van der Waals surface area contributed by atoms with E-state index in [1.807, 2.05) is 32.0 Å². The molecule has 0 radical (unpaired) electrons. The van der Waals surface area contributed by atoms with E-state index < -0.39 is 0 Å². The van der Waals surface area contributed by atoms with Crippen LogP contribution in [0.5, 0.6) is 0 Å². The molecule has 104 valence electrons. The highest BCUT2D eigenvalue weighted by atomic mass is 79.9. The molecule has 0 bridgehead atoms. The zero-order valence-electron chi connectivity index (χ0n) is 11.5. The highest BCUT2D eigenvalue weighted by molar-refractivity contribution is 9.10. The smallest absolute Gasteiger partial charge is 0.251 e. The predicted octanol–water partition coefficient (Wildman–Crippen LogP) is 3.83. The maximum Gasteiger partial charge on any atom is 0.251 e. The van der Waals surface area contributed by atoms with Gasteiger partial charge in [0.15, 0.2) is 0 Å². The minimum atomic E-state index is -0.111. The molecule has 0 aliphatic rings. The summed E-state index contributed by atoms with van der Waals surface area (Å²) in [5, 5.41) is 2.99. The normalized spacial score (nSPS) is 11.9. The summed E-state index contributed by atoms with van der Waals surface area (Å²) in [5.74, 6) is -0.111. The minimum absolute atomic E-state index is 0.0428. The lowest BCUT2D eigenvalue weighted by Crippen LogP contribution is -2.26. The number of nitrogens with two attached hydrogens (primary N) is 1. The largest absolute Gasteiger partial charge is 0.398 e. The molecular weight excluding hydrogens is 316 g/mol. The molecule has 1 atom stereocenters. The number of aryl methyl sites for hydroxylation is 1. The van der Waals surface area contributed by atoms with Crippen LogP contribution in [0.15, 0.2) is 46.9 Å². The molecule has 0 aliphatic heterocycles. The highest BCUT2D eigenvalue weighted by Gasteiger charge is 2.12. The third-order valence-corrected chi connectivity index (χ3v) is 3.84. The molecule has 3 N–H and O–H groups in total. The van der Waals surface area contributed by atoms with Crippen LogP contribution < -0.4 is 11.1 Å². The van der Waals surface area contributed by atoms with Gasteiger partial charge in [-0.25, -0.2) is 0 Å². The summed E-state index contributed by atoms with van der Waals surface area (Å²) in [6.45, 7) is 4.01. The summed E-state index contributed by atoms with van der Waals surface area (Å²) in [6.07, 6.45) is 0. The van der Waals surface area contributed by atoms with Crippen LogP contribution in [-0.2, 0) is 0 Å². The number of anilines is 1. The summed E-state index contributed by atoms with van der Waals surface area (Å²) in [6, 6.07) is 13.2. The molecule has 0 fully saturated rings. The zero-order valence-corrected chi connectivity index (χ0v) is 13.1. The quantitative estimate of drug-likeness (QED) is 0.839. The molecule has 2 rings (SSSR count). The number of carbonyl (C=O) groups is 1. The van der Waals surface area contributed by atoms with Gasteiger partial charge in [0.25, 0.3) is 5.91 Å². The Hall–Kier alpha value is -1.81. The molecule has 0 saturated heterocycles. The lowest BCUT2D eigenvalue weighted by atomic mass is 10.1. The van der Waals surface area contributed by atoms with Gasteiger partial charge in [-0.1, -0.05) is 29.8 Å². The molecule has 0 aromatic heterocycles. The summed E-state index contributed by atoms with van der Waals surface area (Å²) in [7, 11) is 0. The van der Waals surface area contributed by atoms with Crippen molar-refractivity contribution in [2.75, 3.05) is 5.73 Å². The van der Waals surface area contributed by atoms with Crippen LogP contribution in [0.25, 0.3) is 0 Å². The van der Waals surface area contributed by atoms with E-state index in [2.05, 4.69) is 27.3 Å². The Labute approximate surface area is 127 Å². The zero-order chi connectivity index (χ0) is 14.7. The number of rotatable bonds is 3. The van der Waals surface area contributed by atoms with E-state index in [0.717, 1.165) is 10.0 Å². The first kappa shape index (κ1) is 14.6. The third-order valence-electron chi connectivity index (χ3n) is 3.15. The summed E-state index contributed by atoms with van der Waals surface area (Å²) < 4.78 is 0.730. The van der Waals surface area contributed by atoms with Crippen LogP contribution in [0.1, 0.15) is 34.5 Å². The van der Waals surface area contributed by atoms with Crippen molar-refractivity contribution in [3.8, 4) is 0 Å². The maximum atomic E-state index is 12.2. The Morgan fingerprint density at radius 1 is 1.25 bits per heavy atom. The Balaban J connectivity index is 2.13. The Bertz CT molecular complexity index is 640. The van der Waals surface area contributed by atoms with E-state index in [0.29, 0.717) is 11.3 Å². The summed E-state index contributed by atoms with van der Waals surface area (Å²) in [4.78, 5) is 12.2. The number of hydrogen-bond donors (Lipinski definition) is 2. The average Bonchev–Trinajstić information content (AvgIpc) is 2.41. The number of halogens is 1. The minimum Gasteiger partial charge on any atom is -0.398 e. The fourth-order valence-corrected chi connectivity index (χ4v) is 2.35. The lowest BCUT2D eigenvalue weighted by Gasteiger charge is -2.15. The van der Waals surface area contributed by atoms with Crippen molar-refractivity contribution in [1.29, 1.82) is 0 Å². The molecule has 1 amide bonds. The van der Waals surface area contributed by atoms with Gasteiger partial charge >= 0.3 is 0 Å². The monoisotopic (exact) mass is 332 g/mol. The van der Waals surface area contributed by atoms with Gasteiger partial charge in [0.2, 0.25) is 0 Å². The third kappa shape index (κ3) is 3.39. The van der Waals surface area contributed by atoms with Gasteiger partial charge in [0.05, 0.1) is 6.04 Å². The average molecular weight is 333 g/mol. The first-order valence-electron chi connectivity index (χ1n) is 6.40. The first-order valence-corrected chi connectivity index (χ1v) is 7.19. The second-order valence-corrected chi connectivity index (χ2v) is 5.70. The van der Waals surface area contributed by atoms with E-state index in [9.17, 15) is 4.79 Å². The van der Waals surface area contributed by atoms with E-state index in [4.69, 9.17) is 5.73 Å². The fourth-order valence-electron chi connectivity index (χ4n) is 1.97. The number of nitrogen functional groups attached to an aromatic ring is 1. The Morgan fingerprint density at radius 2 is 2.00 bits per heavy atom. The van der Waals surface area contributed by atoms with Crippen molar-refractivity contribution in [1.82, 2.24) is 5.32 Å². The van der Waals surface area contributed by atoms with Gasteiger partial charge < -0.3 is 11.1 Å². The van der Waals surface area contributed by atoms with Gasteiger partial charge in [-0.3, -0.25) is 4.79 Å². The van der Waals surface area contributed by atoms with Crippen molar-refractivity contribution >= 4 is 27.5 Å². The Kier molecular flexibility index (Phi) is 4.45. The fraction of sp³-hybridized carbons (Fsp3) is 0.188. The van der Waals surface area contributed by atoms with Gasteiger partial charge in [-0.2, -0.15) is 0 Å². The molecule has 3 nitrogen and oxygen atoms in total. The van der Waals surface area contributed by atoms with Gasteiger partial charge in [0, 0.05) is 15.7 Å². The van der Waals surface area contributed by atoms with E-state index >= 15 is 0 Å². The van der Waals surface area contributed by atoms with Gasteiger partial charge in [-0.05, 0) is 53.5 Å². The van der Waals surface area contributed by atoms with Crippen LogP contribution >= 0.6 is 15.9 Å². The molecule has 2 aromatic rings. The molecule has 4 heteroatoms. The van der Waals surface area contributed by atoms with Gasteiger partial charge in [-0.15, -0.1) is 0 Å². The maximum absolute atomic E-state index is 12.2. The summed E-state index contributed by atoms with van der Waals surface area (Å²) in [5.41, 5.74) is 9.20. The van der Waals surface area contributed by atoms with Crippen LogP contribution in [-0.4, -0.2) is 5.91 Å². The van der Waals surface area contributed by atoms with Gasteiger partial charge in [0.1, 0.15) is 0 Å². The molecule has 0 heterocycles. The topological polar surface area (TPSA) is 55.1 Å². The van der Waals surface area contributed by atoms with Crippen LogP contribution in [0.4, 0.5) is 5.69 Å². The second-order valence-electron chi connectivity index (χ2n) is 4.85. The number of carbonyl (C=O) groups excluding carboxylic acids is 1. The summed E-state index contributed by atoms with van der Waals surface area (Å²) >= 11 is 3.33. The number of amides is 1. The standard InChI is InChI=1S/C16H17BrN2O/c1-10-4-3-5-12(8-10)11(2)19-16(20)13-6-7-15(18)14(17)9-13/h3-9,11H,18H2,1-2H3,(H,19,20)/t11-/m1/s1. The molecular formula is C16H17BrN2O. The van der Waals surface area contributed by atoms with Crippen molar-refractivity contribution in [2.24, 2.45) is 0 Å². The lowest BCUT2D eigenvalue weighted by molar-refractivity contribution is 0.0940. The molecule has 0 spiro atoms. The highest BCUT2D eigenvalue weighted by Crippen LogP contribution is 2.21. The van der Waals surface area contributed by atoms with Crippen molar-refractivity contribution in [3.63, 3.8) is 0 Å². The van der Waals surface area contributed by atoms with Crippen molar-refractivity contribution < 1.29 is 4.79 Å². The molecule has 0 unspecified atom stereocenters. The SMILES string of the molecule is Cc1cccc([C@@H](C)NC(=O)c2ccc(N)c(Br)c2)c1. The van der Waals surface area contributed by atoms with Crippen LogP contribution in [0.3, 0.4) is 0 Å². The first-order chi connectivity index (χ1) is 9.47. The molecule has 20 heavy (non-hydrogen) atoms. The molecule has 2 aromatic carbocycles. The van der Waals surface area contributed by atoms with E-state index in [1.54, 1.807) is 18.2 Å². The van der Waals surface area contributed by atoms with Crippen molar-refractivity contribution in [2.45, 2.75) is 19.9 Å². The number of nitrogens with one attached hydrogen (secondary N) is 1. The second kappa shape index (κ2) is 6.09. The van der Waals surface area contributed by atoms with Crippen LogP contribution in [0.2, 0.25) is 0 Å². The van der Waals surface area contributed by atoms with Crippen LogP contribution in [0, 0.1) is 6.92 Å². The number of hydrogen-bond acceptors (Lipinski definition) is 2. The van der Waals surface area contributed by atoms with Crippen molar-refractivity contribution in [3.05, 3.63) is 63.6 Å². The van der Waals surface area contributed by atoms with E-state index in [1.165, 1.54) is 5.56 Å².